The van der Waals surface area contributed by atoms with Gasteiger partial charge in [0.1, 0.15) is 0 Å². The fourth-order valence-electron chi connectivity index (χ4n) is 1.88. The fraction of sp³-hybridized carbons (Fsp3) is 0.214. The van der Waals surface area contributed by atoms with Crippen LogP contribution in [-0.2, 0) is 0 Å². The van der Waals surface area contributed by atoms with Gasteiger partial charge >= 0.3 is 0 Å². The molecule has 0 aliphatic heterocycles. The van der Waals surface area contributed by atoms with Crippen LogP contribution in [-0.4, -0.2) is 5.91 Å². The summed E-state index contributed by atoms with van der Waals surface area (Å²) in [7, 11) is 0. The van der Waals surface area contributed by atoms with Gasteiger partial charge in [0, 0.05) is 5.02 Å². The molecule has 1 atom stereocenters. The van der Waals surface area contributed by atoms with E-state index in [9.17, 15) is 4.79 Å². The summed E-state index contributed by atoms with van der Waals surface area (Å²) in [6.07, 6.45) is 0.801. The molecular weight excluding hydrogens is 425 g/mol. The molecule has 1 aromatic carbocycles. The van der Waals surface area contributed by atoms with Gasteiger partial charge in [-0.1, -0.05) is 30.7 Å². The SMILES string of the molecule is CCC(NC(=O)c1cc(Br)sc1Br)c1cccc(Cl)c1. The average Bonchev–Trinajstić information content (AvgIpc) is 2.75. The van der Waals surface area contributed by atoms with Crippen LogP contribution in [0, 0.1) is 0 Å². The molecule has 0 saturated carbocycles. The van der Waals surface area contributed by atoms with Gasteiger partial charge in [-0.2, -0.15) is 0 Å². The van der Waals surface area contributed by atoms with Crippen molar-refractivity contribution in [3.05, 3.63) is 54.1 Å². The minimum absolute atomic E-state index is 0.0493. The number of carbonyl (C=O) groups is 1. The van der Waals surface area contributed by atoms with Crippen LogP contribution >= 0.6 is 54.8 Å². The van der Waals surface area contributed by atoms with Crippen molar-refractivity contribution in [3.63, 3.8) is 0 Å². The van der Waals surface area contributed by atoms with E-state index < -0.39 is 0 Å². The topological polar surface area (TPSA) is 29.1 Å². The number of halogens is 3. The normalized spacial score (nSPS) is 12.2. The molecule has 6 heteroatoms. The summed E-state index contributed by atoms with van der Waals surface area (Å²) in [4.78, 5) is 12.3. The molecule has 1 unspecified atom stereocenters. The maximum Gasteiger partial charge on any atom is 0.253 e. The zero-order chi connectivity index (χ0) is 14.7. The van der Waals surface area contributed by atoms with Crippen molar-refractivity contribution in [2.75, 3.05) is 0 Å². The highest BCUT2D eigenvalue weighted by molar-refractivity contribution is 9.12. The summed E-state index contributed by atoms with van der Waals surface area (Å²) in [5.74, 6) is -0.0920. The lowest BCUT2D eigenvalue weighted by Crippen LogP contribution is -2.28. The van der Waals surface area contributed by atoms with Gasteiger partial charge in [0.15, 0.2) is 0 Å². The van der Waals surface area contributed by atoms with E-state index in [1.165, 1.54) is 11.3 Å². The Bertz CT molecular complexity index is 629. The number of thiophene rings is 1. The molecule has 0 bridgehead atoms. The van der Waals surface area contributed by atoms with Crippen molar-refractivity contribution in [3.8, 4) is 0 Å². The van der Waals surface area contributed by atoms with E-state index >= 15 is 0 Å². The molecule has 0 aliphatic carbocycles. The zero-order valence-electron chi connectivity index (χ0n) is 10.6. The van der Waals surface area contributed by atoms with Crippen LogP contribution in [0.1, 0.15) is 35.3 Å². The fourth-order valence-corrected chi connectivity index (χ4v) is 4.87. The maximum atomic E-state index is 12.3. The highest BCUT2D eigenvalue weighted by Gasteiger charge is 2.18. The third kappa shape index (κ3) is 3.85. The number of benzene rings is 1. The smallest absolute Gasteiger partial charge is 0.253 e. The van der Waals surface area contributed by atoms with Crippen LogP contribution in [0.2, 0.25) is 5.02 Å². The maximum absolute atomic E-state index is 12.3. The lowest BCUT2D eigenvalue weighted by molar-refractivity contribution is 0.0935. The van der Waals surface area contributed by atoms with Crippen molar-refractivity contribution in [1.82, 2.24) is 5.32 Å². The Morgan fingerprint density at radius 1 is 1.40 bits per heavy atom. The Morgan fingerprint density at radius 3 is 2.70 bits per heavy atom. The third-order valence-electron chi connectivity index (χ3n) is 2.87. The van der Waals surface area contributed by atoms with Crippen LogP contribution in [0.15, 0.2) is 37.9 Å². The van der Waals surface area contributed by atoms with Crippen LogP contribution < -0.4 is 5.32 Å². The second kappa shape index (κ2) is 7.07. The number of nitrogens with one attached hydrogen (secondary N) is 1. The van der Waals surface area contributed by atoms with Crippen molar-refractivity contribution < 1.29 is 4.79 Å². The van der Waals surface area contributed by atoms with E-state index in [1.54, 1.807) is 0 Å². The quantitative estimate of drug-likeness (QED) is 0.643. The van der Waals surface area contributed by atoms with Crippen LogP contribution in [0.3, 0.4) is 0 Å². The molecule has 2 nitrogen and oxygen atoms in total. The predicted molar refractivity (Wildman–Crippen MR) is 91.7 cm³/mol. The molecule has 0 spiro atoms. The molecule has 1 N–H and O–H groups in total. The molecule has 2 aromatic rings. The molecule has 1 aromatic heterocycles. The second-order valence-electron chi connectivity index (χ2n) is 4.23. The summed E-state index contributed by atoms with van der Waals surface area (Å²) in [5.41, 5.74) is 1.65. The molecule has 1 heterocycles. The molecule has 2 rings (SSSR count). The van der Waals surface area contributed by atoms with Gasteiger partial charge in [0.05, 0.1) is 19.2 Å². The summed E-state index contributed by atoms with van der Waals surface area (Å²) in [5, 5.41) is 3.71. The van der Waals surface area contributed by atoms with Gasteiger partial charge in [-0.15, -0.1) is 11.3 Å². The van der Waals surface area contributed by atoms with Gasteiger partial charge in [-0.05, 0) is 62.0 Å². The van der Waals surface area contributed by atoms with E-state index in [0.717, 1.165) is 19.6 Å². The number of rotatable bonds is 4. The van der Waals surface area contributed by atoms with E-state index in [0.29, 0.717) is 10.6 Å². The molecule has 0 fully saturated rings. The first-order valence-corrected chi connectivity index (χ1v) is 8.80. The molecule has 20 heavy (non-hydrogen) atoms. The Kier molecular flexibility index (Phi) is 5.66. The molecule has 0 saturated heterocycles. The van der Waals surface area contributed by atoms with E-state index in [1.807, 2.05) is 37.3 Å². The molecule has 0 radical (unpaired) electrons. The van der Waals surface area contributed by atoms with Gasteiger partial charge in [-0.3, -0.25) is 4.79 Å². The predicted octanol–water partition coefficient (Wildman–Crippen LogP) is 5.81. The lowest BCUT2D eigenvalue weighted by atomic mass is 10.0. The number of amides is 1. The first-order valence-electron chi connectivity index (χ1n) is 6.02. The molecular formula is C14H12Br2ClNOS. The zero-order valence-corrected chi connectivity index (χ0v) is 15.4. The minimum Gasteiger partial charge on any atom is -0.345 e. The Labute approximate surface area is 143 Å². The largest absolute Gasteiger partial charge is 0.345 e. The number of hydrogen-bond donors (Lipinski definition) is 1. The summed E-state index contributed by atoms with van der Waals surface area (Å²) in [6, 6.07) is 9.34. The Morgan fingerprint density at radius 2 is 2.15 bits per heavy atom. The van der Waals surface area contributed by atoms with Gasteiger partial charge in [-0.25, -0.2) is 0 Å². The summed E-state index contributed by atoms with van der Waals surface area (Å²) >= 11 is 14.3. The van der Waals surface area contributed by atoms with Crippen molar-refractivity contribution in [1.29, 1.82) is 0 Å². The van der Waals surface area contributed by atoms with Crippen LogP contribution in [0.4, 0.5) is 0 Å². The van der Waals surface area contributed by atoms with Crippen LogP contribution in [0.5, 0.6) is 0 Å². The first kappa shape index (κ1) is 16.0. The lowest BCUT2D eigenvalue weighted by Gasteiger charge is -2.17. The Balaban J connectivity index is 2.18. The van der Waals surface area contributed by atoms with Gasteiger partial charge in [0.2, 0.25) is 0 Å². The molecule has 1 amide bonds. The first-order chi connectivity index (χ1) is 9.51. The summed E-state index contributed by atoms with van der Waals surface area (Å²) < 4.78 is 1.74. The monoisotopic (exact) mass is 435 g/mol. The number of carbonyl (C=O) groups excluding carboxylic acids is 1. The highest BCUT2D eigenvalue weighted by Crippen LogP contribution is 2.32. The van der Waals surface area contributed by atoms with Crippen molar-refractivity contribution >= 4 is 60.7 Å². The van der Waals surface area contributed by atoms with Crippen LogP contribution in [0.25, 0.3) is 0 Å². The number of hydrogen-bond acceptors (Lipinski definition) is 2. The minimum atomic E-state index is -0.0920. The highest BCUT2D eigenvalue weighted by atomic mass is 79.9. The van der Waals surface area contributed by atoms with E-state index in [4.69, 9.17) is 11.6 Å². The molecule has 0 aliphatic rings. The van der Waals surface area contributed by atoms with Gasteiger partial charge in [0.25, 0.3) is 5.91 Å². The van der Waals surface area contributed by atoms with Crippen molar-refractivity contribution in [2.24, 2.45) is 0 Å². The van der Waals surface area contributed by atoms with Crippen molar-refractivity contribution in [2.45, 2.75) is 19.4 Å². The third-order valence-corrected chi connectivity index (χ3v) is 5.44. The standard InChI is InChI=1S/C14H12Br2ClNOS/c1-2-11(8-4-3-5-9(17)6-8)18-14(19)10-7-12(15)20-13(10)16/h3-7,11H,2H2,1H3,(H,18,19). The average molecular weight is 438 g/mol. The molecule has 106 valence electrons. The Hall–Kier alpha value is -0.360. The van der Waals surface area contributed by atoms with E-state index in [-0.39, 0.29) is 11.9 Å². The van der Waals surface area contributed by atoms with Gasteiger partial charge < -0.3 is 5.32 Å². The van der Waals surface area contributed by atoms with E-state index in [2.05, 4.69) is 37.2 Å². The summed E-state index contributed by atoms with van der Waals surface area (Å²) in [6.45, 7) is 2.03. The second-order valence-corrected chi connectivity index (χ2v) is 8.41.